The number of rotatable bonds is 1. The molecule has 1 N–H and O–H groups in total. The Balaban J connectivity index is 1.80. The lowest BCUT2D eigenvalue weighted by Gasteiger charge is -2.38. The number of anilines is 1. The average Bonchev–Trinajstić information content (AvgIpc) is 3.03. The molecule has 3 aromatic heterocycles. The highest BCUT2D eigenvalue weighted by molar-refractivity contribution is 6.31. The summed E-state index contributed by atoms with van der Waals surface area (Å²) < 4.78 is 1.80. The standard InChI is InChI=1S/C14H14ClN7O2/c1-8-6-20(2-3-21(8)14(23)24)12-13-19-17-7-22(13)10-4-9(15)5-16-11(10)18-12/h4-5,7-8H,2-3,6H2,1H3,(H,23,24). The second kappa shape index (κ2) is 5.45. The molecule has 4 rings (SSSR count). The van der Waals surface area contributed by atoms with Gasteiger partial charge in [-0.15, -0.1) is 10.2 Å². The van der Waals surface area contributed by atoms with Crippen molar-refractivity contribution in [3.63, 3.8) is 0 Å². The maximum absolute atomic E-state index is 11.2. The fourth-order valence-corrected chi connectivity index (χ4v) is 3.20. The molecule has 3 aromatic rings. The Labute approximate surface area is 141 Å². The van der Waals surface area contributed by atoms with Crippen LogP contribution in [0.15, 0.2) is 18.6 Å². The van der Waals surface area contributed by atoms with Crippen molar-refractivity contribution in [1.82, 2.24) is 29.5 Å². The number of nitrogens with zero attached hydrogens (tertiary/aromatic N) is 7. The summed E-state index contributed by atoms with van der Waals surface area (Å²) in [6, 6.07) is 1.62. The number of pyridine rings is 1. The first-order valence-electron chi connectivity index (χ1n) is 7.44. The summed E-state index contributed by atoms with van der Waals surface area (Å²) >= 11 is 6.02. The number of aromatic nitrogens is 5. The Hall–Kier alpha value is -2.68. The smallest absolute Gasteiger partial charge is 0.407 e. The molecule has 1 aliphatic heterocycles. The molecule has 1 fully saturated rings. The normalized spacial score (nSPS) is 18.5. The van der Waals surface area contributed by atoms with Gasteiger partial charge in [-0.1, -0.05) is 11.6 Å². The van der Waals surface area contributed by atoms with Gasteiger partial charge in [-0.25, -0.2) is 14.8 Å². The highest BCUT2D eigenvalue weighted by Crippen LogP contribution is 2.25. The van der Waals surface area contributed by atoms with E-state index in [2.05, 4.69) is 20.2 Å². The molecule has 124 valence electrons. The van der Waals surface area contributed by atoms with E-state index in [-0.39, 0.29) is 6.04 Å². The number of carboxylic acid groups (broad SMARTS) is 1. The van der Waals surface area contributed by atoms with Crippen molar-refractivity contribution in [3.05, 3.63) is 23.6 Å². The molecule has 1 unspecified atom stereocenters. The summed E-state index contributed by atoms with van der Waals surface area (Å²) in [6.07, 6.45) is 2.23. The van der Waals surface area contributed by atoms with Gasteiger partial charge >= 0.3 is 6.09 Å². The summed E-state index contributed by atoms with van der Waals surface area (Å²) in [6.45, 7) is 3.34. The first-order chi connectivity index (χ1) is 11.5. The first-order valence-corrected chi connectivity index (χ1v) is 7.82. The average molecular weight is 348 g/mol. The highest BCUT2D eigenvalue weighted by atomic mass is 35.5. The van der Waals surface area contributed by atoms with Crippen LogP contribution < -0.4 is 4.90 Å². The Kier molecular flexibility index (Phi) is 3.38. The number of carbonyl (C=O) groups is 1. The van der Waals surface area contributed by atoms with E-state index >= 15 is 0 Å². The van der Waals surface area contributed by atoms with Gasteiger partial charge in [-0.2, -0.15) is 0 Å². The van der Waals surface area contributed by atoms with Gasteiger partial charge in [0.2, 0.25) is 5.65 Å². The Bertz CT molecular complexity index is 943. The van der Waals surface area contributed by atoms with E-state index in [1.807, 2.05) is 11.8 Å². The molecule has 0 spiro atoms. The van der Waals surface area contributed by atoms with Crippen LogP contribution in [0.25, 0.3) is 16.8 Å². The molecule has 1 atom stereocenters. The summed E-state index contributed by atoms with van der Waals surface area (Å²) in [7, 11) is 0. The van der Waals surface area contributed by atoms with Crippen LogP contribution >= 0.6 is 11.6 Å². The summed E-state index contributed by atoms with van der Waals surface area (Å²) in [4.78, 5) is 23.6. The molecule has 0 bridgehead atoms. The molecule has 9 nitrogen and oxygen atoms in total. The summed E-state index contributed by atoms with van der Waals surface area (Å²) in [5.41, 5.74) is 1.86. The third-order valence-electron chi connectivity index (χ3n) is 4.21. The minimum atomic E-state index is -0.905. The van der Waals surface area contributed by atoms with Gasteiger partial charge in [-0.05, 0) is 13.0 Å². The summed E-state index contributed by atoms with van der Waals surface area (Å²) in [5.74, 6) is 0.645. The first kappa shape index (κ1) is 14.9. The van der Waals surface area contributed by atoms with E-state index in [1.165, 1.54) is 4.90 Å². The molecule has 0 radical (unpaired) electrons. The van der Waals surface area contributed by atoms with Crippen molar-refractivity contribution in [2.45, 2.75) is 13.0 Å². The zero-order valence-corrected chi connectivity index (χ0v) is 13.6. The van der Waals surface area contributed by atoms with Crippen LogP contribution in [-0.4, -0.2) is 66.3 Å². The Morgan fingerprint density at radius 2 is 2.25 bits per heavy atom. The maximum Gasteiger partial charge on any atom is 0.407 e. The quantitative estimate of drug-likeness (QED) is 0.712. The van der Waals surface area contributed by atoms with Crippen LogP contribution in [0.4, 0.5) is 10.6 Å². The zero-order chi connectivity index (χ0) is 16.8. The predicted octanol–water partition coefficient (Wildman–Crippen LogP) is 1.51. The molecule has 1 amide bonds. The fraction of sp³-hybridized carbons (Fsp3) is 0.357. The van der Waals surface area contributed by atoms with E-state index in [0.29, 0.717) is 41.8 Å². The number of fused-ring (bicyclic) bond motifs is 3. The van der Waals surface area contributed by atoms with E-state index in [9.17, 15) is 9.90 Å². The lowest BCUT2D eigenvalue weighted by Crippen LogP contribution is -2.54. The van der Waals surface area contributed by atoms with Gasteiger partial charge in [0.25, 0.3) is 0 Å². The van der Waals surface area contributed by atoms with E-state index in [0.717, 1.165) is 5.52 Å². The van der Waals surface area contributed by atoms with E-state index in [1.54, 1.807) is 23.0 Å². The zero-order valence-electron chi connectivity index (χ0n) is 12.8. The number of halogens is 1. The molecular weight excluding hydrogens is 334 g/mol. The molecule has 1 saturated heterocycles. The number of piperazine rings is 1. The van der Waals surface area contributed by atoms with Crippen LogP contribution in [0.1, 0.15) is 6.92 Å². The third-order valence-corrected chi connectivity index (χ3v) is 4.41. The lowest BCUT2D eigenvalue weighted by atomic mass is 10.2. The van der Waals surface area contributed by atoms with Crippen LogP contribution in [0, 0.1) is 0 Å². The van der Waals surface area contributed by atoms with E-state index < -0.39 is 6.09 Å². The predicted molar refractivity (Wildman–Crippen MR) is 87.5 cm³/mol. The minimum Gasteiger partial charge on any atom is -0.465 e. The summed E-state index contributed by atoms with van der Waals surface area (Å²) in [5, 5.41) is 17.9. The van der Waals surface area contributed by atoms with Crippen molar-refractivity contribution in [2.75, 3.05) is 24.5 Å². The van der Waals surface area contributed by atoms with Crippen LogP contribution in [0.5, 0.6) is 0 Å². The van der Waals surface area contributed by atoms with Crippen molar-refractivity contribution < 1.29 is 9.90 Å². The second-order valence-electron chi connectivity index (χ2n) is 5.73. The van der Waals surface area contributed by atoms with Gasteiger partial charge in [-0.3, -0.25) is 4.40 Å². The third kappa shape index (κ3) is 2.28. The highest BCUT2D eigenvalue weighted by Gasteiger charge is 2.29. The van der Waals surface area contributed by atoms with Gasteiger partial charge in [0, 0.05) is 31.9 Å². The molecule has 4 heterocycles. The molecule has 10 heteroatoms. The topological polar surface area (TPSA) is 99.8 Å². The van der Waals surface area contributed by atoms with E-state index in [4.69, 9.17) is 11.6 Å². The maximum atomic E-state index is 11.2. The lowest BCUT2D eigenvalue weighted by molar-refractivity contribution is 0.122. The van der Waals surface area contributed by atoms with Gasteiger partial charge in [0.05, 0.1) is 10.5 Å². The SMILES string of the molecule is CC1CN(c2nc3ncc(Cl)cc3n3cnnc23)CCN1C(=O)O. The number of amides is 1. The van der Waals surface area contributed by atoms with Crippen molar-refractivity contribution in [3.8, 4) is 0 Å². The second-order valence-corrected chi connectivity index (χ2v) is 6.16. The molecular formula is C14H14ClN7O2. The van der Waals surface area contributed by atoms with Crippen LogP contribution in [-0.2, 0) is 0 Å². The number of hydrogen-bond acceptors (Lipinski definition) is 6. The molecule has 0 saturated carbocycles. The molecule has 0 aliphatic carbocycles. The largest absolute Gasteiger partial charge is 0.465 e. The van der Waals surface area contributed by atoms with Gasteiger partial charge in [0.1, 0.15) is 6.33 Å². The molecule has 1 aliphatic rings. The Morgan fingerprint density at radius 1 is 1.42 bits per heavy atom. The monoisotopic (exact) mass is 347 g/mol. The van der Waals surface area contributed by atoms with Gasteiger partial charge in [0.15, 0.2) is 11.5 Å². The van der Waals surface area contributed by atoms with Gasteiger partial charge < -0.3 is 14.9 Å². The van der Waals surface area contributed by atoms with Crippen molar-refractivity contribution in [2.24, 2.45) is 0 Å². The van der Waals surface area contributed by atoms with Crippen molar-refractivity contribution >= 4 is 40.3 Å². The minimum absolute atomic E-state index is 0.144. The number of hydrogen-bond donors (Lipinski definition) is 1. The van der Waals surface area contributed by atoms with Crippen LogP contribution in [0.2, 0.25) is 5.02 Å². The van der Waals surface area contributed by atoms with Crippen molar-refractivity contribution in [1.29, 1.82) is 0 Å². The fourth-order valence-electron chi connectivity index (χ4n) is 3.05. The van der Waals surface area contributed by atoms with Crippen LogP contribution in [0.3, 0.4) is 0 Å². The molecule has 0 aromatic carbocycles. The molecule has 24 heavy (non-hydrogen) atoms. The Morgan fingerprint density at radius 3 is 3.00 bits per heavy atom.